The maximum atomic E-state index is 11.1. The van der Waals surface area contributed by atoms with Crippen LogP contribution in [-0.2, 0) is 0 Å². The number of nitro benzene ring substituents is 1. The summed E-state index contributed by atoms with van der Waals surface area (Å²) >= 11 is 5.86. The van der Waals surface area contributed by atoms with Crippen LogP contribution in [0.4, 0.5) is 5.69 Å². The van der Waals surface area contributed by atoms with Crippen LogP contribution in [0.5, 0.6) is 0 Å². The highest BCUT2D eigenvalue weighted by Crippen LogP contribution is 2.31. The lowest BCUT2D eigenvalue weighted by Gasteiger charge is -2.00. The number of hydrogen-bond donors (Lipinski definition) is 0. The lowest BCUT2D eigenvalue weighted by atomic mass is 10.1. The summed E-state index contributed by atoms with van der Waals surface area (Å²) in [5.41, 5.74) is 1.46. The van der Waals surface area contributed by atoms with Gasteiger partial charge in [-0.2, -0.15) is 5.26 Å². The van der Waals surface area contributed by atoms with E-state index in [4.69, 9.17) is 16.0 Å². The summed E-state index contributed by atoms with van der Waals surface area (Å²) in [6.45, 7) is 0. The van der Waals surface area contributed by atoms with Crippen LogP contribution >= 0.6 is 11.6 Å². The fraction of sp³-hybridized carbons (Fsp3) is 0. The summed E-state index contributed by atoms with van der Waals surface area (Å²) in [5.74, 6) is 0.798. The molecular weight excluding hydrogens is 340 g/mol. The number of nitrogens with zero attached hydrogens (tertiary/aromatic N) is 2. The van der Waals surface area contributed by atoms with Gasteiger partial charge in [0.05, 0.1) is 22.1 Å². The van der Waals surface area contributed by atoms with Crippen molar-refractivity contribution in [3.05, 3.63) is 87.1 Å². The van der Waals surface area contributed by atoms with Crippen LogP contribution in [0.15, 0.2) is 65.1 Å². The van der Waals surface area contributed by atoms with E-state index >= 15 is 0 Å². The van der Waals surface area contributed by atoms with E-state index < -0.39 is 4.92 Å². The van der Waals surface area contributed by atoms with Gasteiger partial charge in [-0.05, 0) is 42.0 Å². The first kappa shape index (κ1) is 16.5. The van der Waals surface area contributed by atoms with Crippen LogP contribution in [0.1, 0.15) is 11.3 Å². The standard InChI is InChI=1S/C19H11ClN2O3/c20-15-7-5-13(6-8-15)14(12-21)11-16-9-10-19(25-16)17-3-1-2-4-18(17)22(23)24/h1-11H. The average molecular weight is 351 g/mol. The summed E-state index contributed by atoms with van der Waals surface area (Å²) in [5, 5.41) is 21.1. The molecule has 0 unspecified atom stereocenters. The van der Waals surface area contributed by atoms with Crippen molar-refractivity contribution in [3.63, 3.8) is 0 Å². The van der Waals surface area contributed by atoms with Crippen LogP contribution in [0.3, 0.4) is 0 Å². The molecule has 1 aromatic heterocycles. The quantitative estimate of drug-likeness (QED) is 0.350. The summed E-state index contributed by atoms with van der Waals surface area (Å²) in [4.78, 5) is 10.7. The molecule has 25 heavy (non-hydrogen) atoms. The zero-order valence-corrected chi connectivity index (χ0v) is 13.6. The number of rotatable bonds is 4. The SMILES string of the molecule is N#CC(=Cc1ccc(-c2ccccc2[N+](=O)[O-])o1)c1ccc(Cl)cc1. The van der Waals surface area contributed by atoms with Crippen molar-refractivity contribution in [3.8, 4) is 17.4 Å². The van der Waals surface area contributed by atoms with Gasteiger partial charge in [-0.15, -0.1) is 0 Å². The molecule has 5 nitrogen and oxygen atoms in total. The number of hydrogen-bond acceptors (Lipinski definition) is 4. The third kappa shape index (κ3) is 3.60. The average Bonchev–Trinajstić information content (AvgIpc) is 3.09. The summed E-state index contributed by atoms with van der Waals surface area (Å²) in [6.07, 6.45) is 1.58. The Kier molecular flexibility index (Phi) is 4.64. The monoisotopic (exact) mass is 350 g/mol. The minimum atomic E-state index is -0.457. The molecule has 3 rings (SSSR count). The highest BCUT2D eigenvalue weighted by atomic mass is 35.5. The molecule has 0 saturated heterocycles. The molecule has 3 aromatic rings. The Balaban J connectivity index is 1.98. The summed E-state index contributed by atoms with van der Waals surface area (Å²) in [6, 6.07) is 18.6. The third-order valence-corrected chi connectivity index (χ3v) is 3.81. The summed E-state index contributed by atoms with van der Waals surface area (Å²) in [7, 11) is 0. The number of nitro groups is 1. The van der Waals surface area contributed by atoms with Gasteiger partial charge < -0.3 is 4.42 Å². The van der Waals surface area contributed by atoms with Gasteiger partial charge in [0.2, 0.25) is 0 Å². The van der Waals surface area contributed by atoms with Gasteiger partial charge in [0.25, 0.3) is 5.69 Å². The molecule has 0 atom stereocenters. The maximum Gasteiger partial charge on any atom is 0.280 e. The van der Waals surface area contributed by atoms with Crippen LogP contribution in [-0.4, -0.2) is 4.92 Å². The fourth-order valence-corrected chi connectivity index (χ4v) is 2.49. The van der Waals surface area contributed by atoms with Gasteiger partial charge >= 0.3 is 0 Å². The lowest BCUT2D eigenvalue weighted by molar-refractivity contribution is -0.384. The van der Waals surface area contributed by atoms with E-state index in [1.807, 2.05) is 0 Å². The van der Waals surface area contributed by atoms with Crippen LogP contribution in [0.25, 0.3) is 23.0 Å². The zero-order chi connectivity index (χ0) is 17.8. The molecule has 2 aromatic carbocycles. The second kappa shape index (κ2) is 7.04. The predicted octanol–water partition coefficient (Wildman–Crippen LogP) is 5.57. The van der Waals surface area contributed by atoms with E-state index in [1.54, 1.807) is 60.7 Å². The van der Waals surface area contributed by atoms with Crippen LogP contribution in [0, 0.1) is 21.4 Å². The molecule has 0 bridgehead atoms. The molecule has 0 saturated carbocycles. The van der Waals surface area contributed by atoms with E-state index in [2.05, 4.69) is 6.07 Å². The molecule has 0 aliphatic heterocycles. The Morgan fingerprint density at radius 2 is 1.84 bits per heavy atom. The Morgan fingerprint density at radius 1 is 1.12 bits per heavy atom. The van der Waals surface area contributed by atoms with Crippen molar-refractivity contribution in [1.29, 1.82) is 5.26 Å². The molecule has 122 valence electrons. The minimum absolute atomic E-state index is 0.0365. The number of nitriles is 1. The van der Waals surface area contributed by atoms with Gasteiger partial charge in [0, 0.05) is 11.1 Å². The first-order valence-electron chi connectivity index (χ1n) is 7.30. The largest absolute Gasteiger partial charge is 0.456 e. The molecule has 6 heteroatoms. The van der Waals surface area contributed by atoms with E-state index in [0.717, 1.165) is 0 Å². The lowest BCUT2D eigenvalue weighted by Crippen LogP contribution is -1.90. The smallest absolute Gasteiger partial charge is 0.280 e. The van der Waals surface area contributed by atoms with Gasteiger partial charge in [-0.1, -0.05) is 35.9 Å². The summed E-state index contributed by atoms with van der Waals surface area (Å²) < 4.78 is 5.68. The van der Waals surface area contributed by atoms with Crippen LogP contribution < -0.4 is 0 Å². The maximum absolute atomic E-state index is 11.1. The topological polar surface area (TPSA) is 80.1 Å². The molecule has 0 fully saturated rings. The molecule has 0 aliphatic carbocycles. The Labute approximate surface area is 148 Å². The fourth-order valence-electron chi connectivity index (χ4n) is 2.37. The predicted molar refractivity (Wildman–Crippen MR) is 95.7 cm³/mol. The van der Waals surface area contributed by atoms with Crippen molar-refractivity contribution in [2.45, 2.75) is 0 Å². The van der Waals surface area contributed by atoms with Crippen LogP contribution in [0.2, 0.25) is 5.02 Å². The molecule has 0 spiro atoms. The first-order valence-corrected chi connectivity index (χ1v) is 7.67. The number of halogens is 1. The first-order chi connectivity index (χ1) is 12.1. The van der Waals surface area contributed by atoms with Gasteiger partial charge in [0.15, 0.2) is 0 Å². The minimum Gasteiger partial charge on any atom is -0.456 e. The van der Waals surface area contributed by atoms with Gasteiger partial charge in [-0.25, -0.2) is 0 Å². The van der Waals surface area contributed by atoms with E-state index in [-0.39, 0.29) is 5.69 Å². The number of para-hydroxylation sites is 1. The highest BCUT2D eigenvalue weighted by Gasteiger charge is 2.17. The van der Waals surface area contributed by atoms with Gasteiger partial charge in [-0.3, -0.25) is 10.1 Å². The molecule has 0 amide bonds. The molecule has 0 aliphatic rings. The van der Waals surface area contributed by atoms with Crippen molar-refractivity contribution >= 4 is 28.9 Å². The van der Waals surface area contributed by atoms with Gasteiger partial charge in [0.1, 0.15) is 11.5 Å². The van der Waals surface area contributed by atoms with Crippen molar-refractivity contribution in [2.75, 3.05) is 0 Å². The third-order valence-electron chi connectivity index (χ3n) is 3.56. The Morgan fingerprint density at radius 3 is 2.52 bits per heavy atom. The van der Waals surface area contributed by atoms with Crippen molar-refractivity contribution in [1.82, 2.24) is 0 Å². The number of furan rings is 1. The molecule has 1 heterocycles. The Hall–Kier alpha value is -3.36. The van der Waals surface area contributed by atoms with E-state index in [1.165, 1.54) is 6.07 Å². The number of benzene rings is 2. The normalized spacial score (nSPS) is 11.1. The van der Waals surface area contributed by atoms with Crippen molar-refractivity contribution < 1.29 is 9.34 Å². The van der Waals surface area contributed by atoms with Crippen molar-refractivity contribution in [2.24, 2.45) is 0 Å². The second-order valence-electron chi connectivity index (χ2n) is 5.15. The highest BCUT2D eigenvalue weighted by molar-refractivity contribution is 6.30. The van der Waals surface area contributed by atoms with E-state index in [0.29, 0.717) is 33.2 Å². The molecule has 0 radical (unpaired) electrons. The molecular formula is C19H11ClN2O3. The second-order valence-corrected chi connectivity index (χ2v) is 5.59. The van der Waals surface area contributed by atoms with E-state index in [9.17, 15) is 15.4 Å². The zero-order valence-electron chi connectivity index (χ0n) is 12.8. The molecule has 0 N–H and O–H groups in total. The Bertz CT molecular complexity index is 998. The number of allylic oxidation sites excluding steroid dienone is 1.